The fourth-order valence-corrected chi connectivity index (χ4v) is 3.33. The second-order valence-corrected chi connectivity index (χ2v) is 6.61. The van der Waals surface area contributed by atoms with Crippen molar-refractivity contribution in [1.82, 2.24) is 9.88 Å². The van der Waals surface area contributed by atoms with Crippen LogP contribution in [0.3, 0.4) is 0 Å². The van der Waals surface area contributed by atoms with Crippen LogP contribution in [0.25, 0.3) is 0 Å². The molecule has 1 aliphatic heterocycles. The second kappa shape index (κ2) is 7.58. The van der Waals surface area contributed by atoms with Crippen molar-refractivity contribution in [3.63, 3.8) is 0 Å². The van der Waals surface area contributed by atoms with Crippen molar-refractivity contribution in [3.8, 4) is 0 Å². The second-order valence-electron chi connectivity index (χ2n) is 6.61. The molecule has 3 rings (SSSR count). The monoisotopic (exact) mass is 324 g/mol. The van der Waals surface area contributed by atoms with Crippen LogP contribution >= 0.6 is 0 Å². The van der Waals surface area contributed by atoms with E-state index in [9.17, 15) is 4.79 Å². The number of carbonyl (C=O) groups is 1. The number of carboxylic acids is 1. The summed E-state index contributed by atoms with van der Waals surface area (Å²) in [6.45, 7) is 5.25. The zero-order valence-electron chi connectivity index (χ0n) is 14.1. The van der Waals surface area contributed by atoms with E-state index in [-0.39, 0.29) is 0 Å². The molecule has 0 aliphatic carbocycles. The Morgan fingerprint density at radius 3 is 2.58 bits per heavy atom. The first kappa shape index (κ1) is 16.7. The molecule has 0 unspecified atom stereocenters. The minimum Gasteiger partial charge on any atom is -0.478 e. The molecule has 24 heavy (non-hydrogen) atoms. The lowest BCUT2D eigenvalue weighted by molar-refractivity contribution is 0.0697. The summed E-state index contributed by atoms with van der Waals surface area (Å²) in [6.07, 6.45) is 5.21. The molecule has 0 saturated carbocycles. The summed E-state index contributed by atoms with van der Waals surface area (Å²) in [5, 5.41) is 8.96. The number of rotatable bonds is 6. The van der Waals surface area contributed by atoms with E-state index in [2.05, 4.69) is 28.9 Å². The third-order valence-corrected chi connectivity index (χ3v) is 4.78. The molecule has 1 aromatic heterocycles. The summed E-state index contributed by atoms with van der Waals surface area (Å²) in [5.74, 6) is -0.231. The van der Waals surface area contributed by atoms with E-state index >= 15 is 0 Å². The number of carboxylic acid groups (broad SMARTS) is 1. The van der Waals surface area contributed by atoms with Crippen LogP contribution in [0.15, 0.2) is 42.6 Å². The van der Waals surface area contributed by atoms with Crippen LogP contribution in [0.4, 0.5) is 0 Å². The molecular weight excluding hydrogens is 300 g/mol. The van der Waals surface area contributed by atoms with E-state index in [1.54, 1.807) is 12.1 Å². The molecule has 0 amide bonds. The maximum absolute atomic E-state index is 10.9. The number of aryl methyl sites for hydroxylation is 1. The van der Waals surface area contributed by atoms with Crippen molar-refractivity contribution in [3.05, 3.63) is 65.0 Å². The van der Waals surface area contributed by atoms with E-state index in [0.717, 1.165) is 38.2 Å². The molecule has 1 atom stereocenters. The highest BCUT2D eigenvalue weighted by Gasteiger charge is 2.23. The van der Waals surface area contributed by atoms with Crippen molar-refractivity contribution in [2.75, 3.05) is 13.1 Å². The highest BCUT2D eigenvalue weighted by Crippen LogP contribution is 2.22. The predicted octanol–water partition coefficient (Wildman–Crippen LogP) is 3.41. The maximum Gasteiger partial charge on any atom is 0.335 e. The molecule has 4 nitrogen and oxygen atoms in total. The van der Waals surface area contributed by atoms with Crippen molar-refractivity contribution >= 4 is 5.97 Å². The van der Waals surface area contributed by atoms with Crippen molar-refractivity contribution in [2.24, 2.45) is 5.92 Å². The van der Waals surface area contributed by atoms with Crippen LogP contribution in [-0.4, -0.2) is 34.0 Å². The first-order valence-corrected chi connectivity index (χ1v) is 8.62. The molecule has 0 radical (unpaired) electrons. The fourth-order valence-electron chi connectivity index (χ4n) is 3.33. The van der Waals surface area contributed by atoms with E-state index in [1.165, 1.54) is 17.5 Å². The first-order chi connectivity index (χ1) is 11.6. The molecular formula is C20H24N2O2. The van der Waals surface area contributed by atoms with Gasteiger partial charge in [0.25, 0.3) is 0 Å². The summed E-state index contributed by atoms with van der Waals surface area (Å²) in [4.78, 5) is 17.9. The average Bonchev–Trinajstić information content (AvgIpc) is 3.03. The van der Waals surface area contributed by atoms with Crippen LogP contribution in [-0.2, 0) is 19.4 Å². The lowest BCUT2D eigenvalue weighted by Crippen LogP contribution is -2.21. The molecule has 0 bridgehead atoms. The van der Waals surface area contributed by atoms with Gasteiger partial charge in [0, 0.05) is 19.3 Å². The lowest BCUT2D eigenvalue weighted by Gasteiger charge is -2.16. The normalized spacial score (nSPS) is 18.0. The van der Waals surface area contributed by atoms with Gasteiger partial charge in [0.2, 0.25) is 0 Å². The maximum atomic E-state index is 10.9. The third-order valence-electron chi connectivity index (χ3n) is 4.78. The van der Waals surface area contributed by atoms with Gasteiger partial charge in [0.05, 0.1) is 11.3 Å². The van der Waals surface area contributed by atoms with Gasteiger partial charge in [-0.1, -0.05) is 25.1 Å². The Kier molecular flexibility index (Phi) is 5.26. The van der Waals surface area contributed by atoms with Crippen LogP contribution in [0.5, 0.6) is 0 Å². The van der Waals surface area contributed by atoms with Gasteiger partial charge in [0.15, 0.2) is 0 Å². The third kappa shape index (κ3) is 4.20. The Labute approximate surface area is 143 Å². The summed E-state index contributed by atoms with van der Waals surface area (Å²) < 4.78 is 0. The van der Waals surface area contributed by atoms with Gasteiger partial charge in [-0.15, -0.1) is 0 Å². The Balaban J connectivity index is 1.52. The van der Waals surface area contributed by atoms with Crippen molar-refractivity contribution in [2.45, 2.75) is 32.7 Å². The number of likely N-dealkylation sites (tertiary alicyclic amines) is 1. The molecule has 1 fully saturated rings. The zero-order chi connectivity index (χ0) is 16.9. The quantitative estimate of drug-likeness (QED) is 0.885. The van der Waals surface area contributed by atoms with Crippen LogP contribution in [0, 0.1) is 5.92 Å². The molecule has 126 valence electrons. The van der Waals surface area contributed by atoms with Gasteiger partial charge in [-0.2, -0.15) is 0 Å². The minimum absolute atomic E-state index is 0.355. The topological polar surface area (TPSA) is 53.4 Å². The highest BCUT2D eigenvalue weighted by atomic mass is 16.4. The number of hydrogen-bond acceptors (Lipinski definition) is 3. The number of hydrogen-bond donors (Lipinski definition) is 1. The molecule has 1 aromatic carbocycles. The van der Waals surface area contributed by atoms with Gasteiger partial charge in [-0.3, -0.25) is 9.88 Å². The van der Waals surface area contributed by atoms with Gasteiger partial charge in [-0.05, 0) is 61.1 Å². The molecule has 2 heterocycles. The van der Waals surface area contributed by atoms with Gasteiger partial charge in [-0.25, -0.2) is 4.79 Å². The van der Waals surface area contributed by atoms with Crippen LogP contribution in [0.2, 0.25) is 0 Å². The molecule has 1 N–H and O–H groups in total. The van der Waals surface area contributed by atoms with Gasteiger partial charge in [0.1, 0.15) is 0 Å². The Bertz CT molecular complexity index is 680. The lowest BCUT2D eigenvalue weighted by atomic mass is 9.98. The zero-order valence-corrected chi connectivity index (χ0v) is 14.1. The molecule has 1 saturated heterocycles. The summed E-state index contributed by atoms with van der Waals surface area (Å²) in [6, 6.07) is 11.6. The first-order valence-electron chi connectivity index (χ1n) is 8.62. The smallest absolute Gasteiger partial charge is 0.335 e. The van der Waals surface area contributed by atoms with E-state index in [0.29, 0.717) is 11.5 Å². The van der Waals surface area contributed by atoms with Crippen molar-refractivity contribution < 1.29 is 9.90 Å². The van der Waals surface area contributed by atoms with Gasteiger partial charge >= 0.3 is 5.97 Å². The Morgan fingerprint density at radius 1 is 1.21 bits per heavy atom. The largest absolute Gasteiger partial charge is 0.478 e. The SMILES string of the molecule is CCc1ccc(CN2CC[C@@H](Cc3ccc(C(=O)O)cc3)C2)nc1. The molecule has 1 aliphatic rings. The standard InChI is InChI=1S/C20H24N2O2/c1-2-15-5-8-19(21-12-15)14-22-10-9-17(13-22)11-16-3-6-18(7-4-16)20(23)24/h3-8,12,17H,2,9-11,13-14H2,1H3,(H,23,24)/t17-/m0/s1. The Morgan fingerprint density at radius 2 is 1.96 bits per heavy atom. The molecule has 2 aromatic rings. The summed E-state index contributed by atoms with van der Waals surface area (Å²) in [7, 11) is 0. The van der Waals surface area contributed by atoms with E-state index in [1.807, 2.05) is 18.3 Å². The summed E-state index contributed by atoms with van der Waals surface area (Å²) >= 11 is 0. The minimum atomic E-state index is -0.866. The number of benzene rings is 1. The number of aromatic carboxylic acids is 1. The number of aromatic nitrogens is 1. The van der Waals surface area contributed by atoms with E-state index < -0.39 is 5.97 Å². The molecule has 0 spiro atoms. The van der Waals surface area contributed by atoms with Gasteiger partial charge < -0.3 is 5.11 Å². The number of nitrogens with zero attached hydrogens (tertiary/aromatic N) is 2. The van der Waals surface area contributed by atoms with Crippen molar-refractivity contribution in [1.29, 1.82) is 0 Å². The fraction of sp³-hybridized carbons (Fsp3) is 0.400. The highest BCUT2D eigenvalue weighted by molar-refractivity contribution is 5.87. The Hall–Kier alpha value is -2.20. The number of pyridine rings is 1. The predicted molar refractivity (Wildman–Crippen MR) is 94.1 cm³/mol. The molecule has 4 heteroatoms. The summed E-state index contributed by atoms with van der Waals surface area (Å²) in [5.41, 5.74) is 3.99. The van der Waals surface area contributed by atoms with E-state index in [4.69, 9.17) is 5.11 Å². The average molecular weight is 324 g/mol. The van der Waals surface area contributed by atoms with Crippen LogP contribution in [0.1, 0.15) is 40.5 Å². The van der Waals surface area contributed by atoms with Crippen LogP contribution < -0.4 is 0 Å².